The summed E-state index contributed by atoms with van der Waals surface area (Å²) in [6.45, 7) is -0.439. The second-order valence-corrected chi connectivity index (χ2v) is 9.69. The maximum absolute atomic E-state index is 12.0. The first kappa shape index (κ1) is 17.9. The maximum atomic E-state index is 12.0. The van der Waals surface area contributed by atoms with Crippen molar-refractivity contribution in [2.45, 2.75) is 32.1 Å². The average molecular weight is 382 g/mol. The molecular weight excluding hydrogens is 364 g/mol. The largest absolute Gasteiger partial charge is 0.456 e. The molecule has 7 nitrogen and oxygen atoms in total. The van der Waals surface area contributed by atoms with Crippen LogP contribution in [0.2, 0.25) is 0 Å². The van der Waals surface area contributed by atoms with Crippen LogP contribution >= 0.6 is 11.3 Å². The number of anilines is 1. The number of nitrogens with zero attached hydrogens (tertiary/aromatic N) is 1. The first-order valence-electron chi connectivity index (χ1n) is 8.08. The number of fused-ring (bicyclic) bond motifs is 1. The molecule has 9 heteroatoms. The molecule has 0 saturated carbocycles. The standard InChI is InChI=1S/C16H18N2O5S2/c17-7-12-11-2-1-3-13(11)24-16(12)18-14(19)8-23-15(20)6-10-4-5-25(21,22)9-10/h10H,1-6,8-9H2,(H,18,19)/t10-/m1/s1. The van der Waals surface area contributed by atoms with E-state index in [0.717, 1.165) is 29.7 Å². The Morgan fingerprint density at radius 3 is 2.84 bits per heavy atom. The number of nitriles is 1. The lowest BCUT2D eigenvalue weighted by molar-refractivity contribution is -0.148. The second-order valence-electron chi connectivity index (χ2n) is 6.36. The van der Waals surface area contributed by atoms with E-state index in [1.807, 2.05) is 0 Å². The molecule has 0 bridgehead atoms. The smallest absolute Gasteiger partial charge is 0.306 e. The molecule has 3 rings (SSSR count). The van der Waals surface area contributed by atoms with Crippen molar-refractivity contribution in [3.8, 4) is 6.07 Å². The normalized spacial score (nSPS) is 20.7. The zero-order valence-corrected chi connectivity index (χ0v) is 15.2. The van der Waals surface area contributed by atoms with Gasteiger partial charge in [0.15, 0.2) is 16.4 Å². The van der Waals surface area contributed by atoms with E-state index in [2.05, 4.69) is 11.4 Å². The van der Waals surface area contributed by atoms with Gasteiger partial charge in [-0.25, -0.2) is 8.42 Å². The Labute approximate surface area is 149 Å². The number of ether oxygens (including phenoxy) is 1. The fraction of sp³-hybridized carbons (Fsp3) is 0.562. The van der Waals surface area contributed by atoms with E-state index >= 15 is 0 Å². The monoisotopic (exact) mass is 382 g/mol. The lowest BCUT2D eigenvalue weighted by Crippen LogP contribution is -2.22. The van der Waals surface area contributed by atoms with E-state index in [9.17, 15) is 23.3 Å². The van der Waals surface area contributed by atoms with Gasteiger partial charge in [-0.1, -0.05) is 0 Å². The van der Waals surface area contributed by atoms with Gasteiger partial charge in [0.05, 0.1) is 17.1 Å². The minimum Gasteiger partial charge on any atom is -0.456 e. The molecule has 1 aliphatic heterocycles. The molecule has 1 aromatic rings. The van der Waals surface area contributed by atoms with Crippen LogP contribution in [0.1, 0.15) is 35.3 Å². The van der Waals surface area contributed by atoms with E-state index in [1.165, 1.54) is 11.3 Å². The third-order valence-corrected chi connectivity index (χ3v) is 7.48. The quantitative estimate of drug-likeness (QED) is 0.771. The molecule has 1 amide bonds. The van der Waals surface area contributed by atoms with Crippen molar-refractivity contribution < 1.29 is 22.7 Å². The number of carbonyl (C=O) groups is 2. The summed E-state index contributed by atoms with van der Waals surface area (Å²) >= 11 is 1.40. The fourth-order valence-electron chi connectivity index (χ4n) is 3.25. The summed E-state index contributed by atoms with van der Waals surface area (Å²) in [6.07, 6.45) is 3.26. The van der Waals surface area contributed by atoms with Crippen LogP contribution in [0.4, 0.5) is 5.00 Å². The Kier molecular flexibility index (Phi) is 5.11. The predicted octanol–water partition coefficient (Wildman–Crippen LogP) is 1.41. The first-order chi connectivity index (χ1) is 11.9. The number of carbonyl (C=O) groups excluding carboxylic acids is 2. The molecule has 0 unspecified atom stereocenters. The van der Waals surface area contributed by atoms with Gasteiger partial charge in [-0.3, -0.25) is 9.59 Å². The van der Waals surface area contributed by atoms with Gasteiger partial charge < -0.3 is 10.1 Å². The van der Waals surface area contributed by atoms with Crippen LogP contribution in [0.5, 0.6) is 0 Å². The van der Waals surface area contributed by atoms with Crippen molar-refractivity contribution in [2.24, 2.45) is 5.92 Å². The Morgan fingerprint density at radius 2 is 2.16 bits per heavy atom. The molecule has 25 heavy (non-hydrogen) atoms. The van der Waals surface area contributed by atoms with Crippen LogP contribution in [-0.4, -0.2) is 38.4 Å². The molecule has 1 aromatic heterocycles. The van der Waals surface area contributed by atoms with Crippen molar-refractivity contribution in [3.63, 3.8) is 0 Å². The summed E-state index contributed by atoms with van der Waals surface area (Å²) in [6, 6.07) is 2.13. The topological polar surface area (TPSA) is 113 Å². The van der Waals surface area contributed by atoms with Crippen LogP contribution < -0.4 is 5.32 Å². The van der Waals surface area contributed by atoms with Gasteiger partial charge in [0.1, 0.15) is 11.1 Å². The number of thiophene rings is 1. The van der Waals surface area contributed by atoms with E-state index in [1.54, 1.807) is 0 Å². The van der Waals surface area contributed by atoms with Crippen molar-refractivity contribution >= 4 is 38.1 Å². The van der Waals surface area contributed by atoms with Crippen LogP contribution in [-0.2, 0) is 37.0 Å². The van der Waals surface area contributed by atoms with Crippen LogP contribution in [0.15, 0.2) is 0 Å². The molecule has 1 atom stereocenters. The molecule has 1 aliphatic carbocycles. The fourth-order valence-corrected chi connectivity index (χ4v) is 6.36. The van der Waals surface area contributed by atoms with Crippen molar-refractivity contribution in [2.75, 3.05) is 23.4 Å². The third-order valence-electron chi connectivity index (χ3n) is 4.43. The van der Waals surface area contributed by atoms with Crippen molar-refractivity contribution in [1.82, 2.24) is 0 Å². The molecule has 1 N–H and O–H groups in total. The Morgan fingerprint density at radius 1 is 1.36 bits per heavy atom. The number of hydrogen-bond donors (Lipinski definition) is 1. The number of aryl methyl sites for hydroxylation is 1. The van der Waals surface area contributed by atoms with Gasteiger partial charge in [-0.15, -0.1) is 11.3 Å². The molecule has 2 aliphatic rings. The van der Waals surface area contributed by atoms with E-state index < -0.39 is 28.3 Å². The first-order valence-corrected chi connectivity index (χ1v) is 10.7. The third kappa shape index (κ3) is 4.19. The van der Waals surface area contributed by atoms with Crippen LogP contribution in [0.25, 0.3) is 0 Å². The Balaban J connectivity index is 1.49. The molecule has 1 fully saturated rings. The Bertz CT molecular complexity index is 851. The number of amides is 1. The van der Waals surface area contributed by atoms with Crippen molar-refractivity contribution in [1.29, 1.82) is 5.26 Å². The molecule has 2 heterocycles. The van der Waals surface area contributed by atoms with Gasteiger partial charge in [0.2, 0.25) is 0 Å². The Hall–Kier alpha value is -1.92. The molecule has 0 spiro atoms. The van der Waals surface area contributed by atoms with E-state index in [-0.39, 0.29) is 23.8 Å². The summed E-state index contributed by atoms with van der Waals surface area (Å²) < 4.78 is 27.7. The summed E-state index contributed by atoms with van der Waals surface area (Å²) in [5, 5.41) is 12.4. The van der Waals surface area contributed by atoms with Gasteiger partial charge >= 0.3 is 5.97 Å². The minimum atomic E-state index is -3.04. The van der Waals surface area contributed by atoms with Crippen molar-refractivity contribution in [3.05, 3.63) is 16.0 Å². The number of sulfone groups is 1. The molecular formula is C16H18N2O5S2. The lowest BCUT2D eigenvalue weighted by atomic mass is 10.1. The van der Waals surface area contributed by atoms with Crippen LogP contribution in [0.3, 0.4) is 0 Å². The zero-order chi connectivity index (χ0) is 18.0. The second kappa shape index (κ2) is 7.14. The molecule has 1 saturated heterocycles. The number of nitrogens with one attached hydrogen (secondary N) is 1. The highest BCUT2D eigenvalue weighted by Gasteiger charge is 2.30. The van der Waals surface area contributed by atoms with Crippen LogP contribution in [0, 0.1) is 17.2 Å². The summed E-state index contributed by atoms with van der Waals surface area (Å²) in [7, 11) is -3.04. The SMILES string of the molecule is N#Cc1c(NC(=O)COC(=O)C[C@H]2CCS(=O)(=O)C2)sc2c1CCC2. The number of esters is 1. The van der Waals surface area contributed by atoms with Gasteiger partial charge in [-0.05, 0) is 37.2 Å². The number of hydrogen-bond acceptors (Lipinski definition) is 7. The zero-order valence-electron chi connectivity index (χ0n) is 13.5. The van der Waals surface area contributed by atoms with E-state index in [4.69, 9.17) is 4.74 Å². The van der Waals surface area contributed by atoms with Gasteiger partial charge in [0, 0.05) is 11.3 Å². The minimum absolute atomic E-state index is 0.000570. The summed E-state index contributed by atoms with van der Waals surface area (Å²) in [5.41, 5.74) is 1.52. The molecule has 134 valence electrons. The molecule has 0 aromatic carbocycles. The van der Waals surface area contributed by atoms with Gasteiger partial charge in [-0.2, -0.15) is 5.26 Å². The summed E-state index contributed by atoms with van der Waals surface area (Å²) in [5.74, 6) is -1.20. The average Bonchev–Trinajstić information content (AvgIpc) is 3.19. The highest BCUT2D eigenvalue weighted by molar-refractivity contribution is 7.91. The molecule has 0 radical (unpaired) electrons. The van der Waals surface area contributed by atoms with Gasteiger partial charge in [0.25, 0.3) is 5.91 Å². The predicted molar refractivity (Wildman–Crippen MR) is 92.0 cm³/mol. The highest BCUT2D eigenvalue weighted by atomic mass is 32.2. The highest BCUT2D eigenvalue weighted by Crippen LogP contribution is 2.38. The summed E-state index contributed by atoms with van der Waals surface area (Å²) in [4.78, 5) is 24.9. The maximum Gasteiger partial charge on any atom is 0.306 e. The van der Waals surface area contributed by atoms with E-state index in [0.29, 0.717) is 17.0 Å². The lowest BCUT2D eigenvalue weighted by Gasteiger charge is -2.08. The number of rotatable bonds is 5.